The van der Waals surface area contributed by atoms with E-state index in [-0.39, 0.29) is 0 Å². The van der Waals surface area contributed by atoms with Gasteiger partial charge in [-0.1, -0.05) is 0 Å². The van der Waals surface area contributed by atoms with Crippen LogP contribution in [0.4, 0.5) is 17.6 Å². The first-order chi connectivity index (χ1) is 11.1. The Hall–Kier alpha value is -1.89. The second-order valence-corrected chi connectivity index (χ2v) is 6.81. The number of nitrogens with one attached hydrogen (secondary N) is 1. The molecular weight excluding hydrogens is 356 g/mol. The molecule has 0 amide bonds. The Morgan fingerprint density at radius 1 is 1.26 bits per heavy atom. The van der Waals surface area contributed by atoms with Gasteiger partial charge in [0.25, 0.3) is 0 Å². The van der Waals surface area contributed by atoms with Crippen LogP contribution in [0.1, 0.15) is 12.8 Å². The minimum absolute atomic E-state index is 0.326. The highest BCUT2D eigenvalue weighted by atomic mass is 79.9. The van der Waals surface area contributed by atoms with E-state index in [2.05, 4.69) is 47.2 Å². The van der Waals surface area contributed by atoms with Crippen LogP contribution in [0.15, 0.2) is 35.1 Å². The minimum atomic E-state index is 0.326. The molecule has 3 heterocycles. The first-order valence-electron chi connectivity index (χ1n) is 7.75. The number of hydrogen-bond acceptors (Lipinski definition) is 6. The number of pyridine rings is 1. The fourth-order valence-corrected chi connectivity index (χ4v) is 2.94. The van der Waals surface area contributed by atoms with Crippen LogP contribution in [-0.4, -0.2) is 48.2 Å². The summed E-state index contributed by atoms with van der Waals surface area (Å²) in [6, 6.07) is 6.31. The number of rotatable bonds is 4. The van der Waals surface area contributed by atoms with Gasteiger partial charge >= 0.3 is 0 Å². The van der Waals surface area contributed by atoms with E-state index in [4.69, 9.17) is 0 Å². The summed E-state index contributed by atoms with van der Waals surface area (Å²) in [6.45, 7) is 1.94. The molecule has 1 aliphatic rings. The first kappa shape index (κ1) is 16.0. The van der Waals surface area contributed by atoms with E-state index < -0.39 is 0 Å². The second kappa shape index (κ2) is 7.12. The molecule has 3 rings (SSSR count). The van der Waals surface area contributed by atoms with Crippen molar-refractivity contribution in [1.82, 2.24) is 15.0 Å². The van der Waals surface area contributed by atoms with E-state index in [1.807, 2.05) is 37.3 Å². The second-order valence-electron chi connectivity index (χ2n) is 5.90. The summed E-state index contributed by atoms with van der Waals surface area (Å²) >= 11 is 3.43. The van der Waals surface area contributed by atoms with Gasteiger partial charge in [0, 0.05) is 50.1 Å². The zero-order chi connectivity index (χ0) is 16.2. The molecule has 1 N–H and O–H groups in total. The highest BCUT2D eigenvalue weighted by molar-refractivity contribution is 9.10. The SMILES string of the molecule is CN(C)c1ccnc(NC2CCCN(c3ccc(Br)cn3)C2)n1. The molecule has 0 bridgehead atoms. The highest BCUT2D eigenvalue weighted by Gasteiger charge is 2.21. The lowest BCUT2D eigenvalue weighted by Crippen LogP contribution is -2.42. The van der Waals surface area contributed by atoms with Gasteiger partial charge in [-0.2, -0.15) is 4.98 Å². The summed E-state index contributed by atoms with van der Waals surface area (Å²) in [5, 5.41) is 3.46. The minimum Gasteiger partial charge on any atom is -0.363 e. The van der Waals surface area contributed by atoms with Crippen LogP contribution in [0.25, 0.3) is 0 Å². The zero-order valence-electron chi connectivity index (χ0n) is 13.4. The van der Waals surface area contributed by atoms with Crippen molar-refractivity contribution in [2.24, 2.45) is 0 Å². The molecule has 2 aromatic heterocycles. The van der Waals surface area contributed by atoms with E-state index >= 15 is 0 Å². The summed E-state index contributed by atoms with van der Waals surface area (Å²) in [6.07, 6.45) is 5.88. The van der Waals surface area contributed by atoms with Crippen molar-refractivity contribution in [3.8, 4) is 0 Å². The third-order valence-electron chi connectivity index (χ3n) is 3.89. The molecule has 7 heteroatoms. The molecule has 1 atom stereocenters. The van der Waals surface area contributed by atoms with E-state index in [0.717, 1.165) is 42.0 Å². The Balaban J connectivity index is 1.67. The Morgan fingerprint density at radius 3 is 2.87 bits per heavy atom. The van der Waals surface area contributed by atoms with Crippen molar-refractivity contribution in [2.45, 2.75) is 18.9 Å². The quantitative estimate of drug-likeness (QED) is 0.885. The predicted octanol–water partition coefficient (Wildman–Crippen LogP) is 2.78. The van der Waals surface area contributed by atoms with Crippen molar-refractivity contribution >= 4 is 33.5 Å². The summed E-state index contributed by atoms with van der Waals surface area (Å²) in [4.78, 5) is 17.7. The molecule has 1 aliphatic heterocycles. The molecular formula is C16H21BrN6. The molecule has 6 nitrogen and oxygen atoms in total. The smallest absolute Gasteiger partial charge is 0.224 e. The Morgan fingerprint density at radius 2 is 2.13 bits per heavy atom. The normalized spacial score (nSPS) is 17.9. The fraction of sp³-hybridized carbons (Fsp3) is 0.438. The average Bonchev–Trinajstić information content (AvgIpc) is 2.56. The molecule has 1 unspecified atom stereocenters. The lowest BCUT2D eigenvalue weighted by molar-refractivity contribution is 0.524. The molecule has 2 aromatic rings. The zero-order valence-corrected chi connectivity index (χ0v) is 15.0. The summed E-state index contributed by atoms with van der Waals surface area (Å²) < 4.78 is 1.00. The molecule has 0 aliphatic carbocycles. The highest BCUT2D eigenvalue weighted by Crippen LogP contribution is 2.21. The molecule has 1 fully saturated rings. The molecule has 122 valence electrons. The van der Waals surface area contributed by atoms with Gasteiger partial charge in [-0.25, -0.2) is 9.97 Å². The molecule has 1 saturated heterocycles. The maximum absolute atomic E-state index is 4.54. The third-order valence-corrected chi connectivity index (χ3v) is 4.36. The number of halogens is 1. The van der Waals surface area contributed by atoms with Crippen molar-refractivity contribution in [1.29, 1.82) is 0 Å². The summed E-state index contributed by atoms with van der Waals surface area (Å²) in [5.74, 6) is 2.61. The fourth-order valence-electron chi connectivity index (χ4n) is 2.71. The van der Waals surface area contributed by atoms with Crippen LogP contribution in [0.5, 0.6) is 0 Å². The van der Waals surface area contributed by atoms with E-state index in [9.17, 15) is 0 Å². The van der Waals surface area contributed by atoms with Crippen molar-refractivity contribution < 1.29 is 0 Å². The number of piperidine rings is 1. The van der Waals surface area contributed by atoms with Crippen LogP contribution in [0, 0.1) is 0 Å². The average molecular weight is 377 g/mol. The molecule has 0 radical (unpaired) electrons. The van der Waals surface area contributed by atoms with Gasteiger partial charge in [-0.3, -0.25) is 0 Å². The Bertz CT molecular complexity index is 645. The van der Waals surface area contributed by atoms with Crippen molar-refractivity contribution in [2.75, 3.05) is 42.3 Å². The van der Waals surface area contributed by atoms with E-state index in [0.29, 0.717) is 12.0 Å². The summed E-state index contributed by atoms with van der Waals surface area (Å²) in [7, 11) is 3.96. The van der Waals surface area contributed by atoms with Gasteiger partial charge in [-0.05, 0) is 47.0 Å². The Kier molecular flexibility index (Phi) is 4.95. The van der Waals surface area contributed by atoms with Crippen LogP contribution in [-0.2, 0) is 0 Å². The third kappa shape index (κ3) is 4.10. The van der Waals surface area contributed by atoms with E-state index in [1.165, 1.54) is 0 Å². The molecule has 0 spiro atoms. The lowest BCUT2D eigenvalue weighted by Gasteiger charge is -2.34. The van der Waals surface area contributed by atoms with Gasteiger partial charge in [0.05, 0.1) is 0 Å². The van der Waals surface area contributed by atoms with Gasteiger partial charge in [0.1, 0.15) is 11.6 Å². The maximum atomic E-state index is 4.54. The topological polar surface area (TPSA) is 57.2 Å². The van der Waals surface area contributed by atoms with Gasteiger partial charge in [-0.15, -0.1) is 0 Å². The van der Waals surface area contributed by atoms with Crippen LogP contribution >= 0.6 is 15.9 Å². The van der Waals surface area contributed by atoms with Crippen LogP contribution in [0.3, 0.4) is 0 Å². The summed E-state index contributed by atoms with van der Waals surface area (Å²) in [5.41, 5.74) is 0. The molecule has 0 saturated carbocycles. The Labute approximate surface area is 145 Å². The van der Waals surface area contributed by atoms with Crippen molar-refractivity contribution in [3.05, 3.63) is 35.1 Å². The van der Waals surface area contributed by atoms with Gasteiger partial charge in [0.15, 0.2) is 0 Å². The van der Waals surface area contributed by atoms with E-state index in [1.54, 1.807) is 6.20 Å². The van der Waals surface area contributed by atoms with Crippen LogP contribution in [0.2, 0.25) is 0 Å². The van der Waals surface area contributed by atoms with Crippen LogP contribution < -0.4 is 15.1 Å². The number of nitrogens with zero attached hydrogens (tertiary/aromatic N) is 5. The monoisotopic (exact) mass is 376 g/mol. The molecule has 23 heavy (non-hydrogen) atoms. The van der Waals surface area contributed by atoms with Gasteiger partial charge in [0.2, 0.25) is 5.95 Å². The molecule has 0 aromatic carbocycles. The predicted molar refractivity (Wildman–Crippen MR) is 97.2 cm³/mol. The van der Waals surface area contributed by atoms with Crippen molar-refractivity contribution in [3.63, 3.8) is 0 Å². The maximum Gasteiger partial charge on any atom is 0.224 e. The largest absolute Gasteiger partial charge is 0.363 e. The first-order valence-corrected chi connectivity index (χ1v) is 8.54. The number of anilines is 3. The number of aromatic nitrogens is 3. The lowest BCUT2D eigenvalue weighted by atomic mass is 10.1. The number of hydrogen-bond donors (Lipinski definition) is 1. The van der Waals surface area contributed by atoms with Gasteiger partial charge < -0.3 is 15.1 Å². The standard InChI is InChI=1S/C16H21BrN6/c1-22(2)15-7-8-18-16(21-15)20-13-4-3-9-23(11-13)14-6-5-12(17)10-19-14/h5-8,10,13H,3-4,9,11H2,1-2H3,(H,18,20,21).